The molecule has 0 heterocycles. The summed E-state index contributed by atoms with van der Waals surface area (Å²) in [5.41, 5.74) is -0.0930. The summed E-state index contributed by atoms with van der Waals surface area (Å²) in [5.74, 6) is -1.69. The van der Waals surface area contributed by atoms with Gasteiger partial charge in [0.25, 0.3) is 0 Å². The molecule has 1 aromatic carbocycles. The van der Waals surface area contributed by atoms with E-state index in [-0.39, 0.29) is 22.6 Å². The molecule has 116 valence electrons. The Hall–Kier alpha value is -1.84. The van der Waals surface area contributed by atoms with Gasteiger partial charge in [0.2, 0.25) is 0 Å². The van der Waals surface area contributed by atoms with Crippen molar-refractivity contribution < 1.29 is 19.4 Å². The van der Waals surface area contributed by atoms with Gasteiger partial charge in [0.15, 0.2) is 0 Å². The molecule has 1 unspecified atom stereocenters. The molecule has 0 saturated heterocycles. The summed E-state index contributed by atoms with van der Waals surface area (Å²) in [6.07, 6.45) is 2.54. The first-order chi connectivity index (χ1) is 9.77. The van der Waals surface area contributed by atoms with Crippen molar-refractivity contribution in [3.63, 3.8) is 0 Å². The minimum absolute atomic E-state index is 0.0225. The van der Waals surface area contributed by atoms with E-state index in [0.717, 1.165) is 19.3 Å². The van der Waals surface area contributed by atoms with Gasteiger partial charge in [-0.05, 0) is 24.0 Å². The van der Waals surface area contributed by atoms with Gasteiger partial charge in [-0.1, -0.05) is 52.7 Å². The van der Waals surface area contributed by atoms with Crippen molar-refractivity contribution in [2.24, 2.45) is 5.41 Å². The van der Waals surface area contributed by atoms with E-state index in [1.807, 2.05) is 20.8 Å². The monoisotopic (exact) mass is 292 g/mol. The smallest absolute Gasteiger partial charge is 0.339 e. The summed E-state index contributed by atoms with van der Waals surface area (Å²) in [6, 6.07) is 6.14. The van der Waals surface area contributed by atoms with Crippen LogP contribution in [0.25, 0.3) is 0 Å². The van der Waals surface area contributed by atoms with Crippen LogP contribution in [0.3, 0.4) is 0 Å². The Morgan fingerprint density at radius 1 is 1.19 bits per heavy atom. The van der Waals surface area contributed by atoms with E-state index in [1.54, 1.807) is 12.1 Å². The molecule has 0 spiro atoms. The van der Waals surface area contributed by atoms with Gasteiger partial charge >= 0.3 is 11.9 Å². The van der Waals surface area contributed by atoms with Crippen LogP contribution < -0.4 is 0 Å². The van der Waals surface area contributed by atoms with Crippen molar-refractivity contribution in [1.82, 2.24) is 0 Å². The molecule has 1 aromatic rings. The summed E-state index contributed by atoms with van der Waals surface area (Å²) in [4.78, 5) is 23.5. The molecule has 0 bridgehead atoms. The van der Waals surface area contributed by atoms with Crippen LogP contribution >= 0.6 is 0 Å². The van der Waals surface area contributed by atoms with Crippen LogP contribution in [0, 0.1) is 5.41 Å². The van der Waals surface area contributed by atoms with Crippen LogP contribution in [0.15, 0.2) is 24.3 Å². The Morgan fingerprint density at radius 2 is 1.76 bits per heavy atom. The van der Waals surface area contributed by atoms with E-state index < -0.39 is 11.9 Å². The Morgan fingerprint density at radius 3 is 2.24 bits per heavy atom. The molecule has 0 aliphatic heterocycles. The zero-order valence-corrected chi connectivity index (χ0v) is 13.2. The lowest BCUT2D eigenvalue weighted by Crippen LogP contribution is -2.32. The normalized spacial score (nSPS) is 12.8. The predicted molar refractivity (Wildman–Crippen MR) is 81.6 cm³/mol. The van der Waals surface area contributed by atoms with Crippen molar-refractivity contribution >= 4 is 11.9 Å². The quantitative estimate of drug-likeness (QED) is 0.800. The molecule has 4 heteroatoms. The van der Waals surface area contributed by atoms with E-state index in [0.29, 0.717) is 0 Å². The lowest BCUT2D eigenvalue weighted by molar-refractivity contribution is -0.00696. The summed E-state index contributed by atoms with van der Waals surface area (Å²) in [5, 5.41) is 9.14. The molecule has 0 aliphatic rings. The van der Waals surface area contributed by atoms with Gasteiger partial charge in [-0.3, -0.25) is 0 Å². The van der Waals surface area contributed by atoms with Crippen molar-refractivity contribution in [1.29, 1.82) is 0 Å². The summed E-state index contributed by atoms with van der Waals surface area (Å²) >= 11 is 0. The molecular formula is C17H24O4. The van der Waals surface area contributed by atoms with Gasteiger partial charge < -0.3 is 9.84 Å². The Bertz CT molecular complexity index is 500. The number of unbranched alkanes of at least 4 members (excludes halogenated alkanes) is 1. The first-order valence-corrected chi connectivity index (χ1v) is 7.30. The Kier molecular flexibility index (Phi) is 5.94. The Labute approximate surface area is 126 Å². The number of carboxylic acid groups (broad SMARTS) is 1. The largest absolute Gasteiger partial charge is 0.478 e. The fraction of sp³-hybridized carbons (Fsp3) is 0.529. The summed E-state index contributed by atoms with van der Waals surface area (Å²) in [7, 11) is 0. The lowest BCUT2D eigenvalue weighted by Gasteiger charge is -2.30. The molecule has 0 aromatic heterocycles. The van der Waals surface area contributed by atoms with Crippen molar-refractivity contribution in [3.8, 4) is 0 Å². The van der Waals surface area contributed by atoms with Gasteiger partial charge in [-0.25, -0.2) is 9.59 Å². The molecule has 0 amide bonds. The number of benzene rings is 1. The standard InChI is InChI=1S/C17H24O4/c1-5-6-11-14(17(2,3)4)21-16(20)13-10-8-7-9-12(13)15(18)19/h7-10,14H,5-6,11H2,1-4H3,(H,18,19). The highest BCUT2D eigenvalue weighted by Crippen LogP contribution is 2.27. The fourth-order valence-corrected chi connectivity index (χ4v) is 2.10. The number of carboxylic acids is 1. The van der Waals surface area contributed by atoms with Crippen molar-refractivity contribution in [3.05, 3.63) is 35.4 Å². The predicted octanol–water partition coefficient (Wildman–Crippen LogP) is 4.15. The average Bonchev–Trinajstić information content (AvgIpc) is 2.41. The maximum atomic E-state index is 12.3. The van der Waals surface area contributed by atoms with E-state index in [4.69, 9.17) is 9.84 Å². The number of rotatable bonds is 6. The maximum absolute atomic E-state index is 12.3. The van der Waals surface area contributed by atoms with Crippen LogP contribution in [0.5, 0.6) is 0 Å². The van der Waals surface area contributed by atoms with E-state index >= 15 is 0 Å². The van der Waals surface area contributed by atoms with Crippen LogP contribution in [0.1, 0.15) is 67.7 Å². The summed E-state index contributed by atoms with van der Waals surface area (Å²) in [6.45, 7) is 8.14. The van der Waals surface area contributed by atoms with E-state index in [9.17, 15) is 9.59 Å². The fourth-order valence-electron chi connectivity index (χ4n) is 2.10. The summed E-state index contributed by atoms with van der Waals surface area (Å²) < 4.78 is 5.59. The van der Waals surface area contributed by atoms with Crippen LogP contribution in [-0.4, -0.2) is 23.1 Å². The number of hydrogen-bond donors (Lipinski definition) is 1. The highest BCUT2D eigenvalue weighted by molar-refractivity contribution is 6.02. The first-order valence-electron chi connectivity index (χ1n) is 7.30. The minimum atomic E-state index is -1.12. The first kappa shape index (κ1) is 17.2. The maximum Gasteiger partial charge on any atom is 0.339 e. The number of aromatic carboxylic acids is 1. The number of esters is 1. The molecule has 0 fully saturated rings. The van der Waals surface area contributed by atoms with E-state index in [2.05, 4.69) is 6.92 Å². The second-order valence-electron chi connectivity index (χ2n) is 6.25. The van der Waals surface area contributed by atoms with Gasteiger partial charge in [0.05, 0.1) is 11.1 Å². The van der Waals surface area contributed by atoms with Crippen LogP contribution in [0.2, 0.25) is 0 Å². The second-order valence-corrected chi connectivity index (χ2v) is 6.25. The van der Waals surface area contributed by atoms with Crippen LogP contribution in [0.4, 0.5) is 0 Å². The number of carbonyl (C=O) groups is 2. The highest BCUT2D eigenvalue weighted by atomic mass is 16.5. The zero-order chi connectivity index (χ0) is 16.0. The van der Waals surface area contributed by atoms with Gasteiger partial charge in [0, 0.05) is 0 Å². The molecule has 1 atom stereocenters. The molecule has 0 saturated carbocycles. The third-order valence-corrected chi connectivity index (χ3v) is 3.41. The SMILES string of the molecule is CCCCC(OC(=O)c1ccccc1C(=O)O)C(C)(C)C. The zero-order valence-electron chi connectivity index (χ0n) is 13.2. The average molecular weight is 292 g/mol. The highest BCUT2D eigenvalue weighted by Gasteiger charge is 2.29. The topological polar surface area (TPSA) is 63.6 Å². The Balaban J connectivity index is 2.95. The number of carbonyl (C=O) groups excluding carboxylic acids is 1. The minimum Gasteiger partial charge on any atom is -0.478 e. The molecule has 0 aliphatic carbocycles. The van der Waals surface area contributed by atoms with Crippen molar-refractivity contribution in [2.45, 2.75) is 53.1 Å². The number of ether oxygens (including phenoxy) is 1. The van der Waals surface area contributed by atoms with Gasteiger partial charge in [-0.15, -0.1) is 0 Å². The van der Waals surface area contributed by atoms with Crippen molar-refractivity contribution in [2.75, 3.05) is 0 Å². The lowest BCUT2D eigenvalue weighted by atomic mass is 9.86. The number of hydrogen-bond acceptors (Lipinski definition) is 3. The third kappa shape index (κ3) is 4.88. The van der Waals surface area contributed by atoms with E-state index in [1.165, 1.54) is 12.1 Å². The third-order valence-electron chi connectivity index (χ3n) is 3.41. The molecule has 0 radical (unpaired) electrons. The second kappa shape index (κ2) is 7.25. The molecular weight excluding hydrogens is 268 g/mol. The van der Waals surface area contributed by atoms with Crippen LogP contribution in [-0.2, 0) is 4.74 Å². The van der Waals surface area contributed by atoms with Gasteiger partial charge in [-0.2, -0.15) is 0 Å². The molecule has 1 N–H and O–H groups in total. The molecule has 4 nitrogen and oxygen atoms in total. The molecule has 1 rings (SSSR count). The molecule has 21 heavy (non-hydrogen) atoms. The van der Waals surface area contributed by atoms with Gasteiger partial charge in [0.1, 0.15) is 6.10 Å².